The molecule has 0 unspecified atom stereocenters. The summed E-state index contributed by atoms with van der Waals surface area (Å²) in [6.45, 7) is -1.63. The lowest BCUT2D eigenvalue weighted by Gasteiger charge is -2.22. The topological polar surface area (TPSA) is 47.0 Å². The number of allylic oxidation sites excluding steroid dienone is 2. The standard InChI is InChI=1S/C19H18F3NO2S/c1-26(24,25)15-5-2-13(3-6-15)16-8-19(11-20,12-21)9-17(16)14-4-7-18(22)23-10-14/h2-7,10H,8-9,11-12H2,1H3. The smallest absolute Gasteiger partial charge is 0.212 e. The van der Waals surface area contributed by atoms with E-state index in [-0.39, 0.29) is 17.7 Å². The minimum atomic E-state index is -3.33. The summed E-state index contributed by atoms with van der Waals surface area (Å²) in [5, 5.41) is 0. The van der Waals surface area contributed by atoms with E-state index in [0.29, 0.717) is 16.7 Å². The Labute approximate surface area is 150 Å². The largest absolute Gasteiger partial charge is 0.250 e. The lowest BCUT2D eigenvalue weighted by molar-refractivity contribution is 0.170. The zero-order valence-corrected chi connectivity index (χ0v) is 15.0. The van der Waals surface area contributed by atoms with Crippen LogP contribution in [0.25, 0.3) is 11.1 Å². The molecule has 0 spiro atoms. The average molecular weight is 381 g/mol. The van der Waals surface area contributed by atoms with Crippen LogP contribution in [0.2, 0.25) is 0 Å². The van der Waals surface area contributed by atoms with Crippen molar-refractivity contribution in [3.8, 4) is 0 Å². The quantitative estimate of drug-likeness (QED) is 0.728. The van der Waals surface area contributed by atoms with Gasteiger partial charge < -0.3 is 0 Å². The van der Waals surface area contributed by atoms with E-state index in [1.807, 2.05) is 0 Å². The highest BCUT2D eigenvalue weighted by atomic mass is 32.2. The molecule has 0 fully saturated rings. The summed E-state index contributed by atoms with van der Waals surface area (Å²) >= 11 is 0. The van der Waals surface area contributed by atoms with Crippen LogP contribution in [0.4, 0.5) is 13.2 Å². The van der Waals surface area contributed by atoms with Gasteiger partial charge in [0.1, 0.15) is 0 Å². The van der Waals surface area contributed by atoms with Crippen LogP contribution in [0, 0.1) is 11.4 Å². The van der Waals surface area contributed by atoms with E-state index >= 15 is 0 Å². The van der Waals surface area contributed by atoms with Crippen LogP contribution in [-0.4, -0.2) is 33.0 Å². The number of hydrogen-bond donors (Lipinski definition) is 0. The minimum absolute atomic E-state index is 0.173. The van der Waals surface area contributed by atoms with Gasteiger partial charge in [0.25, 0.3) is 0 Å². The first-order valence-corrected chi connectivity index (χ1v) is 9.93. The van der Waals surface area contributed by atoms with Gasteiger partial charge >= 0.3 is 0 Å². The Kier molecular flexibility index (Phi) is 4.92. The molecule has 0 aliphatic heterocycles. The molecular formula is C19H18F3NO2S. The number of nitrogens with zero attached hydrogens (tertiary/aromatic N) is 1. The summed E-state index contributed by atoms with van der Waals surface area (Å²) in [5.41, 5.74) is 1.60. The number of sulfone groups is 1. The molecule has 0 N–H and O–H groups in total. The lowest BCUT2D eigenvalue weighted by atomic mass is 9.85. The molecule has 3 nitrogen and oxygen atoms in total. The van der Waals surface area contributed by atoms with Crippen LogP contribution in [0.3, 0.4) is 0 Å². The van der Waals surface area contributed by atoms with Crippen LogP contribution >= 0.6 is 0 Å². The van der Waals surface area contributed by atoms with Crippen molar-refractivity contribution >= 4 is 21.0 Å². The Morgan fingerprint density at radius 1 is 0.962 bits per heavy atom. The van der Waals surface area contributed by atoms with Crippen molar-refractivity contribution in [2.45, 2.75) is 17.7 Å². The van der Waals surface area contributed by atoms with Crippen LogP contribution < -0.4 is 0 Å². The second kappa shape index (κ2) is 6.87. The van der Waals surface area contributed by atoms with E-state index in [1.165, 1.54) is 30.5 Å². The third-order valence-corrected chi connectivity index (χ3v) is 5.87. The van der Waals surface area contributed by atoms with Crippen LogP contribution in [0.15, 0.2) is 47.5 Å². The van der Waals surface area contributed by atoms with E-state index < -0.39 is 34.5 Å². The van der Waals surface area contributed by atoms with Crippen LogP contribution in [-0.2, 0) is 9.84 Å². The normalized spacial score (nSPS) is 16.9. The molecule has 1 aromatic heterocycles. The minimum Gasteiger partial charge on any atom is -0.250 e. The number of hydrogen-bond acceptors (Lipinski definition) is 3. The van der Waals surface area contributed by atoms with Crippen LogP contribution in [0.1, 0.15) is 24.0 Å². The molecule has 0 amide bonds. The predicted octanol–water partition coefficient (Wildman–Crippen LogP) is 4.25. The number of rotatable bonds is 5. The number of alkyl halides is 2. The molecule has 26 heavy (non-hydrogen) atoms. The first-order valence-electron chi connectivity index (χ1n) is 8.04. The zero-order valence-electron chi connectivity index (χ0n) is 14.2. The fourth-order valence-corrected chi connectivity index (χ4v) is 3.89. The highest BCUT2D eigenvalue weighted by Gasteiger charge is 2.40. The zero-order chi connectivity index (χ0) is 18.9. The number of halogens is 3. The number of aromatic nitrogens is 1. The van der Waals surface area contributed by atoms with Crippen molar-refractivity contribution in [3.63, 3.8) is 0 Å². The molecule has 0 saturated carbocycles. The molecule has 0 saturated heterocycles. The number of benzene rings is 1. The summed E-state index contributed by atoms with van der Waals surface area (Å²) in [5.74, 6) is -0.631. The first-order chi connectivity index (χ1) is 12.3. The maximum atomic E-state index is 13.6. The average Bonchev–Trinajstić information content (AvgIpc) is 3.02. The van der Waals surface area contributed by atoms with Gasteiger partial charge in [-0.15, -0.1) is 0 Å². The van der Waals surface area contributed by atoms with E-state index in [1.54, 1.807) is 12.1 Å². The Bertz CT molecular complexity index is 932. The van der Waals surface area contributed by atoms with E-state index in [9.17, 15) is 21.6 Å². The summed E-state index contributed by atoms with van der Waals surface area (Å²) in [6.07, 6.45) is 2.83. The number of pyridine rings is 1. The second-order valence-electron chi connectivity index (χ2n) is 6.74. The van der Waals surface area contributed by atoms with Gasteiger partial charge in [-0.1, -0.05) is 12.1 Å². The predicted molar refractivity (Wildman–Crippen MR) is 94.2 cm³/mol. The highest BCUT2D eigenvalue weighted by Crippen LogP contribution is 2.50. The lowest BCUT2D eigenvalue weighted by Crippen LogP contribution is -2.22. The third-order valence-electron chi connectivity index (χ3n) is 4.74. The molecule has 1 aliphatic carbocycles. The molecule has 1 aromatic carbocycles. The molecule has 3 rings (SSSR count). The summed E-state index contributed by atoms with van der Waals surface area (Å²) in [6, 6.07) is 8.96. The molecule has 1 heterocycles. The Balaban J connectivity index is 2.09. The summed E-state index contributed by atoms with van der Waals surface area (Å²) < 4.78 is 63.6. The Morgan fingerprint density at radius 3 is 1.96 bits per heavy atom. The molecule has 1 aliphatic rings. The first kappa shape index (κ1) is 18.6. The van der Waals surface area contributed by atoms with Gasteiger partial charge in [-0.25, -0.2) is 13.4 Å². The van der Waals surface area contributed by atoms with E-state index in [2.05, 4.69) is 4.98 Å². The fourth-order valence-electron chi connectivity index (χ4n) is 3.26. The van der Waals surface area contributed by atoms with Crippen molar-refractivity contribution in [3.05, 3.63) is 59.7 Å². The van der Waals surface area contributed by atoms with Gasteiger partial charge in [-0.05, 0) is 59.4 Å². The molecule has 0 bridgehead atoms. The van der Waals surface area contributed by atoms with Gasteiger partial charge in [0.2, 0.25) is 5.95 Å². The summed E-state index contributed by atoms with van der Waals surface area (Å²) in [7, 11) is -3.33. The molecular weight excluding hydrogens is 363 g/mol. The van der Waals surface area contributed by atoms with Crippen molar-refractivity contribution in [2.75, 3.05) is 19.6 Å². The van der Waals surface area contributed by atoms with Crippen LogP contribution in [0.5, 0.6) is 0 Å². The Hall–Kier alpha value is -2.15. The molecule has 2 aromatic rings. The van der Waals surface area contributed by atoms with Gasteiger partial charge in [0, 0.05) is 17.9 Å². The highest BCUT2D eigenvalue weighted by molar-refractivity contribution is 7.90. The Morgan fingerprint density at radius 2 is 1.50 bits per heavy atom. The van der Waals surface area contributed by atoms with Crippen molar-refractivity contribution in [1.29, 1.82) is 0 Å². The van der Waals surface area contributed by atoms with Gasteiger partial charge in [-0.2, -0.15) is 4.39 Å². The maximum Gasteiger partial charge on any atom is 0.212 e. The molecule has 0 radical (unpaired) electrons. The van der Waals surface area contributed by atoms with Crippen molar-refractivity contribution in [2.24, 2.45) is 5.41 Å². The van der Waals surface area contributed by atoms with E-state index in [0.717, 1.165) is 11.8 Å². The fraction of sp³-hybridized carbons (Fsp3) is 0.316. The SMILES string of the molecule is CS(=O)(=O)c1ccc(C2=C(c3ccc(F)nc3)CC(CF)(CF)C2)cc1. The molecule has 7 heteroatoms. The third kappa shape index (κ3) is 3.53. The summed E-state index contributed by atoms with van der Waals surface area (Å²) in [4.78, 5) is 3.80. The van der Waals surface area contributed by atoms with Crippen molar-refractivity contribution in [1.82, 2.24) is 4.98 Å². The van der Waals surface area contributed by atoms with Gasteiger partial charge in [0.05, 0.1) is 18.2 Å². The van der Waals surface area contributed by atoms with Gasteiger partial charge in [-0.3, -0.25) is 8.78 Å². The van der Waals surface area contributed by atoms with Crippen molar-refractivity contribution < 1.29 is 21.6 Å². The van der Waals surface area contributed by atoms with E-state index in [4.69, 9.17) is 0 Å². The molecule has 138 valence electrons. The monoisotopic (exact) mass is 381 g/mol. The van der Waals surface area contributed by atoms with Gasteiger partial charge in [0.15, 0.2) is 9.84 Å². The maximum absolute atomic E-state index is 13.6. The second-order valence-corrected chi connectivity index (χ2v) is 8.76. The molecule has 0 atom stereocenters.